The van der Waals surface area contributed by atoms with Gasteiger partial charge in [-0.05, 0) is 17.7 Å². The Morgan fingerprint density at radius 3 is 2.53 bits per heavy atom. The van der Waals surface area contributed by atoms with Gasteiger partial charge in [0.15, 0.2) is 0 Å². The third kappa shape index (κ3) is 2.74. The quantitative estimate of drug-likeness (QED) is 0.769. The van der Waals surface area contributed by atoms with Gasteiger partial charge < -0.3 is 10.5 Å². The van der Waals surface area contributed by atoms with Gasteiger partial charge >= 0.3 is 0 Å². The van der Waals surface area contributed by atoms with Crippen LogP contribution in [-0.4, -0.2) is 0 Å². The first-order valence-electron chi connectivity index (χ1n) is 4.79. The van der Waals surface area contributed by atoms with Crippen LogP contribution in [0, 0.1) is 6.07 Å². The maximum absolute atomic E-state index is 5.59. The van der Waals surface area contributed by atoms with Gasteiger partial charge in [-0.15, -0.1) is 0 Å². The third-order valence-corrected chi connectivity index (χ3v) is 2.03. The van der Waals surface area contributed by atoms with E-state index in [-0.39, 0.29) is 0 Å². The van der Waals surface area contributed by atoms with Gasteiger partial charge in [-0.3, -0.25) is 0 Å². The molecule has 2 aromatic rings. The van der Waals surface area contributed by atoms with E-state index in [1.54, 1.807) is 6.07 Å². The van der Waals surface area contributed by atoms with Crippen molar-refractivity contribution in [3.63, 3.8) is 0 Å². The lowest BCUT2D eigenvalue weighted by molar-refractivity contribution is 0.306. The van der Waals surface area contributed by atoms with Gasteiger partial charge in [-0.1, -0.05) is 36.4 Å². The van der Waals surface area contributed by atoms with Gasteiger partial charge in [-0.25, -0.2) is 0 Å². The second-order valence-electron chi connectivity index (χ2n) is 3.24. The number of anilines is 1. The van der Waals surface area contributed by atoms with Gasteiger partial charge in [0.2, 0.25) is 0 Å². The van der Waals surface area contributed by atoms with Gasteiger partial charge in [0.25, 0.3) is 0 Å². The van der Waals surface area contributed by atoms with Crippen LogP contribution >= 0.6 is 0 Å². The predicted molar refractivity (Wildman–Crippen MR) is 60.5 cm³/mol. The highest BCUT2D eigenvalue weighted by molar-refractivity contribution is 5.41. The van der Waals surface area contributed by atoms with E-state index in [0.29, 0.717) is 18.0 Å². The number of hydrogen-bond acceptors (Lipinski definition) is 2. The maximum atomic E-state index is 5.59. The molecule has 2 N–H and O–H groups in total. The third-order valence-electron chi connectivity index (χ3n) is 2.03. The summed E-state index contributed by atoms with van der Waals surface area (Å²) in [7, 11) is 0. The van der Waals surface area contributed by atoms with E-state index in [1.807, 2.05) is 42.5 Å². The highest BCUT2D eigenvalue weighted by Crippen LogP contribution is 2.14. The van der Waals surface area contributed by atoms with Gasteiger partial charge in [0.1, 0.15) is 12.4 Å². The van der Waals surface area contributed by atoms with Crippen LogP contribution < -0.4 is 10.5 Å². The Bertz CT molecular complexity index is 426. The minimum Gasteiger partial charge on any atom is -0.488 e. The highest BCUT2D eigenvalue weighted by Gasteiger charge is 1.95. The van der Waals surface area contributed by atoms with Crippen molar-refractivity contribution in [3.8, 4) is 5.75 Å². The monoisotopic (exact) mass is 198 g/mol. The van der Waals surface area contributed by atoms with Crippen LogP contribution in [0.1, 0.15) is 5.56 Å². The zero-order valence-electron chi connectivity index (χ0n) is 8.31. The SMILES string of the molecule is Nc1[c]c(OCc2ccccc2)ccc1. The molecule has 0 aliphatic carbocycles. The van der Waals surface area contributed by atoms with Crippen molar-refractivity contribution in [3.05, 3.63) is 60.2 Å². The molecule has 0 aliphatic rings. The lowest BCUT2D eigenvalue weighted by Crippen LogP contribution is -1.95. The minimum atomic E-state index is 0.542. The fourth-order valence-electron chi connectivity index (χ4n) is 1.28. The van der Waals surface area contributed by atoms with E-state index in [0.717, 1.165) is 5.56 Å². The fraction of sp³-hybridized carbons (Fsp3) is 0.0769. The molecule has 2 nitrogen and oxygen atoms in total. The first-order chi connectivity index (χ1) is 7.34. The highest BCUT2D eigenvalue weighted by atomic mass is 16.5. The smallest absolute Gasteiger partial charge is 0.129 e. The molecule has 0 saturated carbocycles. The molecule has 0 atom stereocenters. The Hall–Kier alpha value is -1.96. The molecular formula is C13H12NO. The summed E-state index contributed by atoms with van der Waals surface area (Å²) >= 11 is 0. The Balaban J connectivity index is 1.99. The molecule has 0 bridgehead atoms. The van der Waals surface area contributed by atoms with Crippen LogP contribution in [0.4, 0.5) is 5.69 Å². The summed E-state index contributed by atoms with van der Waals surface area (Å²) in [5, 5.41) is 0. The summed E-state index contributed by atoms with van der Waals surface area (Å²) in [6.45, 7) is 0.542. The van der Waals surface area contributed by atoms with E-state index < -0.39 is 0 Å². The second-order valence-corrected chi connectivity index (χ2v) is 3.24. The molecule has 2 rings (SSSR count). The topological polar surface area (TPSA) is 35.2 Å². The molecule has 15 heavy (non-hydrogen) atoms. The average molecular weight is 198 g/mol. The summed E-state index contributed by atoms with van der Waals surface area (Å²) in [5.41, 5.74) is 7.32. The van der Waals surface area contributed by atoms with Crippen molar-refractivity contribution in [2.75, 3.05) is 5.73 Å². The molecule has 1 radical (unpaired) electrons. The minimum absolute atomic E-state index is 0.542. The van der Waals surface area contributed by atoms with Gasteiger partial charge in [-0.2, -0.15) is 0 Å². The first kappa shape index (κ1) is 9.59. The van der Waals surface area contributed by atoms with Gasteiger partial charge in [0.05, 0.1) is 6.07 Å². The molecule has 0 aliphatic heterocycles. The van der Waals surface area contributed by atoms with Crippen molar-refractivity contribution < 1.29 is 4.74 Å². The second kappa shape index (κ2) is 4.51. The maximum Gasteiger partial charge on any atom is 0.129 e. The summed E-state index contributed by atoms with van der Waals surface area (Å²) in [6.07, 6.45) is 0. The summed E-state index contributed by atoms with van der Waals surface area (Å²) in [5.74, 6) is 0.679. The van der Waals surface area contributed by atoms with Crippen molar-refractivity contribution in [2.24, 2.45) is 0 Å². The molecule has 0 heterocycles. The Kier molecular flexibility index (Phi) is 2.88. The zero-order chi connectivity index (χ0) is 10.5. The fourth-order valence-corrected chi connectivity index (χ4v) is 1.28. The number of rotatable bonds is 3. The molecule has 0 spiro atoms. The van der Waals surface area contributed by atoms with Crippen LogP contribution in [0.5, 0.6) is 5.75 Å². The first-order valence-corrected chi connectivity index (χ1v) is 4.79. The number of hydrogen-bond donors (Lipinski definition) is 1. The largest absolute Gasteiger partial charge is 0.488 e. The van der Waals surface area contributed by atoms with Crippen molar-refractivity contribution in [1.29, 1.82) is 0 Å². The Morgan fingerprint density at radius 1 is 1.00 bits per heavy atom. The number of nitrogen functional groups attached to an aromatic ring is 1. The molecule has 0 aromatic heterocycles. The summed E-state index contributed by atoms with van der Waals surface area (Å²) < 4.78 is 5.54. The molecule has 2 aromatic carbocycles. The van der Waals surface area contributed by atoms with Crippen molar-refractivity contribution in [1.82, 2.24) is 0 Å². The number of nitrogens with two attached hydrogens (primary N) is 1. The molecule has 75 valence electrons. The molecule has 0 unspecified atom stereocenters. The lowest BCUT2D eigenvalue weighted by Gasteiger charge is -2.05. The van der Waals surface area contributed by atoms with Crippen molar-refractivity contribution >= 4 is 5.69 Å². The van der Waals surface area contributed by atoms with E-state index in [2.05, 4.69) is 6.07 Å². The normalized spacial score (nSPS) is 9.87. The molecule has 0 saturated heterocycles. The van der Waals surface area contributed by atoms with Crippen LogP contribution in [-0.2, 0) is 6.61 Å². The summed E-state index contributed by atoms with van der Waals surface area (Å²) in [6, 6.07) is 18.4. The molecule has 2 heteroatoms. The van der Waals surface area contributed by atoms with Crippen LogP contribution in [0.15, 0.2) is 48.5 Å². The number of ether oxygens (including phenoxy) is 1. The molecular weight excluding hydrogens is 186 g/mol. The Labute approximate surface area is 89.3 Å². The summed E-state index contributed by atoms with van der Waals surface area (Å²) in [4.78, 5) is 0. The van der Waals surface area contributed by atoms with E-state index in [9.17, 15) is 0 Å². The van der Waals surface area contributed by atoms with E-state index in [1.165, 1.54) is 0 Å². The van der Waals surface area contributed by atoms with Crippen LogP contribution in [0.2, 0.25) is 0 Å². The van der Waals surface area contributed by atoms with E-state index >= 15 is 0 Å². The van der Waals surface area contributed by atoms with E-state index in [4.69, 9.17) is 10.5 Å². The number of benzene rings is 2. The molecule has 0 fully saturated rings. The van der Waals surface area contributed by atoms with Crippen LogP contribution in [0.25, 0.3) is 0 Å². The van der Waals surface area contributed by atoms with Crippen molar-refractivity contribution in [2.45, 2.75) is 6.61 Å². The van der Waals surface area contributed by atoms with Crippen LogP contribution in [0.3, 0.4) is 0 Å². The standard InChI is InChI=1S/C13H12NO/c14-12-7-4-8-13(9-12)15-10-11-5-2-1-3-6-11/h1-8H,10,14H2. The Morgan fingerprint density at radius 2 is 1.80 bits per heavy atom. The lowest BCUT2D eigenvalue weighted by atomic mass is 10.2. The zero-order valence-corrected chi connectivity index (χ0v) is 8.31. The van der Waals surface area contributed by atoms with Gasteiger partial charge in [0, 0.05) is 5.69 Å². The predicted octanol–water partition coefficient (Wildman–Crippen LogP) is 2.65. The molecule has 0 amide bonds. The average Bonchev–Trinajstić information content (AvgIpc) is 2.28.